The number of carboxylic acid groups (broad SMARTS) is 1. The molecule has 0 aliphatic carbocycles. The van der Waals surface area contributed by atoms with Crippen molar-refractivity contribution in [1.29, 1.82) is 0 Å². The van der Waals surface area contributed by atoms with Crippen LogP contribution in [-0.4, -0.2) is 27.6 Å². The highest BCUT2D eigenvalue weighted by molar-refractivity contribution is 9.10. The Hall–Kier alpha value is -1.95. The molecule has 18 heavy (non-hydrogen) atoms. The van der Waals surface area contributed by atoms with E-state index in [1.165, 1.54) is 0 Å². The molecule has 92 valence electrons. The first-order valence-corrected chi connectivity index (χ1v) is 5.99. The van der Waals surface area contributed by atoms with Crippen LogP contribution in [0.4, 0.5) is 5.82 Å². The van der Waals surface area contributed by atoms with Gasteiger partial charge in [-0.05, 0) is 18.2 Å². The van der Waals surface area contributed by atoms with Crippen molar-refractivity contribution < 1.29 is 9.90 Å². The van der Waals surface area contributed by atoms with Crippen LogP contribution >= 0.6 is 15.9 Å². The molecule has 0 unspecified atom stereocenters. The highest BCUT2D eigenvalue weighted by Crippen LogP contribution is 2.19. The lowest BCUT2D eigenvalue weighted by Gasteiger charge is -2.04. The summed E-state index contributed by atoms with van der Waals surface area (Å²) in [7, 11) is 0. The van der Waals surface area contributed by atoms with E-state index in [1.54, 1.807) is 12.3 Å². The second-order valence-electron chi connectivity index (χ2n) is 3.52. The Morgan fingerprint density at radius 2 is 2.00 bits per heavy atom. The monoisotopic (exact) mass is 307 g/mol. The summed E-state index contributed by atoms with van der Waals surface area (Å²) in [4.78, 5) is 18.9. The van der Waals surface area contributed by atoms with Crippen LogP contribution in [0.1, 0.15) is 0 Å². The van der Waals surface area contributed by atoms with Gasteiger partial charge in [-0.25, -0.2) is 9.97 Å². The molecule has 0 amide bonds. The summed E-state index contributed by atoms with van der Waals surface area (Å²) in [6.07, 6.45) is 1.59. The number of carboxylic acids is 1. The molecule has 0 aliphatic heterocycles. The summed E-state index contributed by atoms with van der Waals surface area (Å²) in [5, 5.41) is 11.3. The molecule has 0 saturated carbocycles. The zero-order chi connectivity index (χ0) is 13.0. The van der Waals surface area contributed by atoms with Crippen molar-refractivity contribution in [1.82, 2.24) is 9.97 Å². The Balaban J connectivity index is 2.21. The lowest BCUT2D eigenvalue weighted by molar-refractivity contribution is -0.134. The van der Waals surface area contributed by atoms with E-state index < -0.39 is 5.97 Å². The summed E-state index contributed by atoms with van der Waals surface area (Å²) in [5.41, 5.74) is 0.872. The summed E-state index contributed by atoms with van der Waals surface area (Å²) in [6.45, 7) is -0.170. The smallest absolute Gasteiger partial charge is 0.322 e. The molecule has 2 N–H and O–H groups in total. The topological polar surface area (TPSA) is 75.1 Å². The number of anilines is 1. The lowest BCUT2D eigenvalue weighted by atomic mass is 10.2. The van der Waals surface area contributed by atoms with E-state index in [2.05, 4.69) is 31.2 Å². The van der Waals surface area contributed by atoms with E-state index in [9.17, 15) is 4.79 Å². The van der Waals surface area contributed by atoms with Crippen LogP contribution in [0, 0.1) is 0 Å². The zero-order valence-electron chi connectivity index (χ0n) is 9.30. The van der Waals surface area contributed by atoms with Crippen molar-refractivity contribution in [2.24, 2.45) is 0 Å². The number of carbonyl (C=O) groups is 1. The molecule has 0 spiro atoms. The fourth-order valence-electron chi connectivity index (χ4n) is 1.36. The Labute approximate surface area is 112 Å². The van der Waals surface area contributed by atoms with E-state index in [4.69, 9.17) is 5.11 Å². The van der Waals surface area contributed by atoms with Gasteiger partial charge >= 0.3 is 5.97 Å². The van der Waals surface area contributed by atoms with E-state index >= 15 is 0 Å². The molecule has 1 aromatic carbocycles. The first-order chi connectivity index (χ1) is 8.65. The first-order valence-electron chi connectivity index (χ1n) is 5.20. The van der Waals surface area contributed by atoms with Crippen molar-refractivity contribution in [3.8, 4) is 11.4 Å². The Bertz CT molecular complexity index is 558. The molecule has 0 aliphatic rings. The van der Waals surface area contributed by atoms with E-state index in [0.29, 0.717) is 11.6 Å². The maximum atomic E-state index is 10.5. The number of aliphatic carboxylic acids is 1. The number of rotatable bonds is 4. The van der Waals surface area contributed by atoms with Gasteiger partial charge in [0.2, 0.25) is 0 Å². The van der Waals surface area contributed by atoms with Gasteiger partial charge in [0.15, 0.2) is 5.82 Å². The molecule has 1 heterocycles. The number of nitrogens with one attached hydrogen (secondary N) is 1. The molecule has 2 aromatic rings. The van der Waals surface area contributed by atoms with Crippen LogP contribution in [-0.2, 0) is 4.79 Å². The van der Waals surface area contributed by atoms with Gasteiger partial charge < -0.3 is 10.4 Å². The predicted octanol–water partition coefficient (Wildman–Crippen LogP) is 2.40. The number of hydrogen-bond donors (Lipinski definition) is 2. The molecule has 2 rings (SSSR count). The van der Waals surface area contributed by atoms with Crippen molar-refractivity contribution in [3.63, 3.8) is 0 Å². The summed E-state index contributed by atoms with van der Waals surface area (Å²) in [6, 6.07) is 9.21. The Kier molecular flexibility index (Phi) is 3.88. The average Bonchev–Trinajstić information content (AvgIpc) is 2.37. The van der Waals surface area contributed by atoms with Crippen LogP contribution in [0.25, 0.3) is 11.4 Å². The largest absolute Gasteiger partial charge is 0.480 e. The number of halogens is 1. The van der Waals surface area contributed by atoms with Crippen LogP contribution in [0.5, 0.6) is 0 Å². The van der Waals surface area contributed by atoms with Gasteiger partial charge in [0, 0.05) is 16.2 Å². The van der Waals surface area contributed by atoms with Crippen molar-refractivity contribution in [2.45, 2.75) is 0 Å². The minimum absolute atomic E-state index is 0.170. The summed E-state index contributed by atoms with van der Waals surface area (Å²) >= 11 is 3.35. The minimum atomic E-state index is -0.932. The fourth-order valence-corrected chi connectivity index (χ4v) is 1.63. The maximum absolute atomic E-state index is 10.5. The second kappa shape index (κ2) is 5.59. The summed E-state index contributed by atoms with van der Waals surface area (Å²) < 4.78 is 0.978. The number of aromatic nitrogens is 2. The van der Waals surface area contributed by atoms with E-state index in [0.717, 1.165) is 10.0 Å². The van der Waals surface area contributed by atoms with Crippen LogP contribution in [0.3, 0.4) is 0 Å². The third-order valence-corrected chi connectivity index (χ3v) is 2.71. The number of benzene rings is 1. The van der Waals surface area contributed by atoms with Crippen LogP contribution in [0.2, 0.25) is 0 Å². The molecule has 0 saturated heterocycles. The van der Waals surface area contributed by atoms with Gasteiger partial charge in [-0.1, -0.05) is 28.1 Å². The van der Waals surface area contributed by atoms with Crippen LogP contribution < -0.4 is 5.32 Å². The molecule has 0 atom stereocenters. The molecule has 0 radical (unpaired) electrons. The van der Waals surface area contributed by atoms with Crippen molar-refractivity contribution in [2.75, 3.05) is 11.9 Å². The maximum Gasteiger partial charge on any atom is 0.322 e. The standard InChI is InChI=1S/C12H10BrN3O2/c13-9-3-1-8(2-4-9)12-14-6-5-10(16-12)15-7-11(17)18/h1-6H,7H2,(H,17,18)(H,14,15,16). The molecule has 0 fully saturated rings. The highest BCUT2D eigenvalue weighted by Gasteiger charge is 2.03. The van der Waals surface area contributed by atoms with E-state index in [1.807, 2.05) is 24.3 Å². The summed E-state index contributed by atoms with van der Waals surface area (Å²) in [5.74, 6) is 0.113. The molecular weight excluding hydrogens is 298 g/mol. The SMILES string of the molecule is O=C(O)CNc1ccnc(-c2ccc(Br)cc2)n1. The molecule has 5 nitrogen and oxygen atoms in total. The van der Waals surface area contributed by atoms with Gasteiger partial charge in [-0.2, -0.15) is 0 Å². The third-order valence-electron chi connectivity index (χ3n) is 2.18. The Morgan fingerprint density at radius 1 is 1.28 bits per heavy atom. The molecule has 6 heteroatoms. The quantitative estimate of drug-likeness (QED) is 0.907. The Morgan fingerprint density at radius 3 is 2.67 bits per heavy atom. The average molecular weight is 308 g/mol. The van der Waals surface area contributed by atoms with Gasteiger partial charge in [0.25, 0.3) is 0 Å². The van der Waals surface area contributed by atoms with Crippen LogP contribution in [0.15, 0.2) is 41.0 Å². The minimum Gasteiger partial charge on any atom is -0.480 e. The van der Waals surface area contributed by atoms with Gasteiger partial charge in [-0.3, -0.25) is 4.79 Å². The van der Waals surface area contributed by atoms with Gasteiger partial charge in [-0.15, -0.1) is 0 Å². The predicted molar refractivity (Wildman–Crippen MR) is 71.3 cm³/mol. The van der Waals surface area contributed by atoms with Crippen molar-refractivity contribution >= 4 is 27.7 Å². The molecular formula is C12H10BrN3O2. The third kappa shape index (κ3) is 3.27. The lowest BCUT2D eigenvalue weighted by Crippen LogP contribution is -2.13. The normalized spacial score (nSPS) is 10.1. The molecule has 1 aromatic heterocycles. The van der Waals surface area contributed by atoms with Crippen molar-refractivity contribution in [3.05, 3.63) is 41.0 Å². The van der Waals surface area contributed by atoms with Gasteiger partial charge in [0.05, 0.1) is 0 Å². The number of nitrogens with zero attached hydrogens (tertiary/aromatic N) is 2. The second-order valence-corrected chi connectivity index (χ2v) is 4.44. The zero-order valence-corrected chi connectivity index (χ0v) is 10.9. The van der Waals surface area contributed by atoms with Gasteiger partial charge in [0.1, 0.15) is 12.4 Å². The van der Waals surface area contributed by atoms with E-state index in [-0.39, 0.29) is 6.54 Å². The highest BCUT2D eigenvalue weighted by atomic mass is 79.9. The number of hydrogen-bond acceptors (Lipinski definition) is 4. The fraction of sp³-hybridized carbons (Fsp3) is 0.0833. The first kappa shape index (κ1) is 12.5. The molecule has 0 bridgehead atoms.